The number of nitrogens with zero attached hydrogens (tertiary/aromatic N) is 1. The molecule has 6 heteroatoms. The van der Waals surface area contributed by atoms with Crippen LogP contribution in [0.5, 0.6) is 0 Å². The molecule has 0 saturated carbocycles. The van der Waals surface area contributed by atoms with Gasteiger partial charge in [-0.2, -0.15) is 0 Å². The van der Waals surface area contributed by atoms with Crippen molar-refractivity contribution in [1.82, 2.24) is 0 Å². The second-order valence-electron chi connectivity index (χ2n) is 12.1. The van der Waals surface area contributed by atoms with Crippen LogP contribution >= 0.6 is 0 Å². The molecule has 1 aromatic rings. The number of hydrogen-bond donors (Lipinski definition) is 0. The third-order valence-corrected chi connectivity index (χ3v) is 13.2. The minimum absolute atomic E-state index is 0.0123. The first kappa shape index (κ1) is 25.3. The third-order valence-electron chi connectivity index (χ3n) is 8.68. The van der Waals surface area contributed by atoms with Crippen LogP contribution in [-0.2, 0) is 24.4 Å². The monoisotopic (exact) mass is 483 g/mol. The zero-order chi connectivity index (χ0) is 25.1. The summed E-state index contributed by atoms with van der Waals surface area (Å²) in [6.45, 7) is 18.0. The molecule has 0 spiro atoms. The maximum absolute atomic E-state index is 13.6. The molecule has 3 atom stereocenters. The van der Waals surface area contributed by atoms with E-state index in [1.165, 1.54) is 0 Å². The van der Waals surface area contributed by atoms with Gasteiger partial charge in [-0.05, 0) is 56.5 Å². The molecule has 0 radical (unpaired) electrons. The van der Waals surface area contributed by atoms with Gasteiger partial charge in [0, 0.05) is 29.8 Å². The van der Waals surface area contributed by atoms with Gasteiger partial charge in [0.1, 0.15) is 11.0 Å². The molecule has 1 fully saturated rings. The van der Waals surface area contributed by atoms with Crippen LogP contribution < -0.4 is 4.90 Å². The summed E-state index contributed by atoms with van der Waals surface area (Å²) in [5, 5.41) is 0.0514. The summed E-state index contributed by atoms with van der Waals surface area (Å²) in [6.07, 6.45) is 3.03. The lowest BCUT2D eigenvalue weighted by Gasteiger charge is -2.45. The largest absolute Gasteiger partial charge is 0.403 e. The fraction of sp³-hybridized carbons (Fsp3) is 0.643. The first-order valence-corrected chi connectivity index (χ1v) is 15.7. The molecule has 3 aliphatic rings. The molecule has 1 aliphatic carbocycles. The van der Waals surface area contributed by atoms with E-state index in [9.17, 15) is 9.59 Å². The van der Waals surface area contributed by atoms with Crippen LogP contribution in [-0.4, -0.2) is 39.3 Å². The molecule has 0 amide bonds. The summed E-state index contributed by atoms with van der Waals surface area (Å²) in [5.41, 5.74) is 1.84. The smallest absolute Gasteiger partial charge is 0.193 e. The highest BCUT2D eigenvalue weighted by Gasteiger charge is 2.61. The molecule has 34 heavy (non-hydrogen) atoms. The Bertz CT molecular complexity index is 1040. The summed E-state index contributed by atoms with van der Waals surface area (Å²) >= 11 is 0. The van der Waals surface area contributed by atoms with E-state index >= 15 is 0 Å². The van der Waals surface area contributed by atoms with Gasteiger partial charge >= 0.3 is 0 Å². The normalized spacial score (nSPS) is 29.3. The number of Topliss-reactive ketones (excluding diaryl/α,β-unsaturated/α-hetero) is 2. The Hall–Kier alpha value is -1.76. The molecule has 2 heterocycles. The van der Waals surface area contributed by atoms with Gasteiger partial charge in [0.05, 0.1) is 6.61 Å². The molecule has 4 rings (SSSR count). The van der Waals surface area contributed by atoms with Gasteiger partial charge in [-0.3, -0.25) is 9.59 Å². The second-order valence-corrected chi connectivity index (χ2v) is 16.8. The number of ketones is 2. The highest BCUT2D eigenvalue weighted by Crippen LogP contribution is 2.56. The molecule has 0 aromatic heterocycles. The molecule has 1 aromatic carbocycles. The minimum Gasteiger partial charge on any atom is -0.403 e. The summed E-state index contributed by atoms with van der Waals surface area (Å²) in [4.78, 5) is 29.2. The number of fused-ring (bicyclic) bond motifs is 3. The predicted molar refractivity (Wildman–Crippen MR) is 138 cm³/mol. The Balaban J connectivity index is 1.73. The van der Waals surface area contributed by atoms with Crippen LogP contribution in [0.25, 0.3) is 0 Å². The Kier molecular flexibility index (Phi) is 6.27. The lowest BCUT2D eigenvalue weighted by Crippen LogP contribution is -2.55. The summed E-state index contributed by atoms with van der Waals surface area (Å²) in [7, 11) is -2.14. The van der Waals surface area contributed by atoms with E-state index in [2.05, 4.69) is 63.9 Å². The van der Waals surface area contributed by atoms with Crippen LogP contribution in [0.15, 0.2) is 35.4 Å². The summed E-state index contributed by atoms with van der Waals surface area (Å²) < 4.78 is 13.5. The van der Waals surface area contributed by atoms with Crippen molar-refractivity contribution in [2.24, 2.45) is 5.41 Å². The summed E-state index contributed by atoms with van der Waals surface area (Å²) in [6, 6.07) is 8.29. The number of anilines is 1. The van der Waals surface area contributed by atoms with Crippen molar-refractivity contribution in [3.8, 4) is 0 Å². The van der Waals surface area contributed by atoms with Gasteiger partial charge in [0.2, 0.25) is 0 Å². The first-order valence-electron chi connectivity index (χ1n) is 12.8. The van der Waals surface area contributed by atoms with E-state index in [4.69, 9.17) is 9.16 Å². The van der Waals surface area contributed by atoms with Crippen molar-refractivity contribution in [2.75, 3.05) is 18.1 Å². The zero-order valence-electron chi connectivity index (χ0n) is 22.2. The van der Waals surface area contributed by atoms with Crippen molar-refractivity contribution < 1.29 is 18.8 Å². The zero-order valence-corrected chi connectivity index (χ0v) is 23.2. The van der Waals surface area contributed by atoms with E-state index in [1.807, 2.05) is 19.9 Å². The van der Waals surface area contributed by atoms with Crippen molar-refractivity contribution in [3.05, 3.63) is 41.0 Å². The molecule has 2 aliphatic heterocycles. The quantitative estimate of drug-likeness (QED) is 0.345. The number of carbonyl (C=O) groups is 2. The van der Waals surface area contributed by atoms with Gasteiger partial charge in [-0.15, -0.1) is 0 Å². The number of benzene rings is 1. The topological polar surface area (TPSA) is 55.8 Å². The van der Waals surface area contributed by atoms with Gasteiger partial charge in [-0.1, -0.05) is 52.3 Å². The average molecular weight is 484 g/mol. The SMILES string of the molecule is CCCCC1=C(C)C(=O)[C@@](C)(CN2c3ccccc3[C@]3(O[Si](C)(C)C(C)(C)C)CCO[C@H]23)C1=O. The first-order chi connectivity index (χ1) is 15.8. The highest BCUT2D eigenvalue weighted by atomic mass is 28.4. The fourth-order valence-electron chi connectivity index (χ4n) is 5.63. The fourth-order valence-corrected chi connectivity index (χ4v) is 7.16. The van der Waals surface area contributed by atoms with E-state index in [0.717, 1.165) is 36.1 Å². The Labute approximate surface area is 206 Å². The Morgan fingerprint density at radius 3 is 2.50 bits per heavy atom. The van der Waals surface area contributed by atoms with Crippen LogP contribution in [0.3, 0.4) is 0 Å². The Morgan fingerprint density at radius 1 is 1.18 bits per heavy atom. The van der Waals surface area contributed by atoms with Gasteiger partial charge < -0.3 is 14.1 Å². The number of para-hydroxylation sites is 1. The molecular weight excluding hydrogens is 442 g/mol. The Morgan fingerprint density at radius 2 is 1.85 bits per heavy atom. The number of carbonyl (C=O) groups excluding carboxylic acids is 2. The predicted octanol–water partition coefficient (Wildman–Crippen LogP) is 6.13. The average Bonchev–Trinajstić information content (AvgIpc) is 3.32. The molecule has 0 unspecified atom stereocenters. The highest BCUT2D eigenvalue weighted by molar-refractivity contribution is 6.74. The van der Waals surface area contributed by atoms with Crippen molar-refractivity contribution >= 4 is 25.6 Å². The molecule has 1 saturated heterocycles. The van der Waals surface area contributed by atoms with E-state index in [1.54, 1.807) is 0 Å². The van der Waals surface area contributed by atoms with E-state index < -0.39 is 19.3 Å². The molecule has 186 valence electrons. The van der Waals surface area contributed by atoms with Gasteiger partial charge in [-0.25, -0.2) is 0 Å². The van der Waals surface area contributed by atoms with Gasteiger partial charge in [0.15, 0.2) is 26.1 Å². The lowest BCUT2D eigenvalue weighted by atomic mass is 9.82. The third kappa shape index (κ3) is 3.64. The second kappa shape index (κ2) is 8.42. The maximum Gasteiger partial charge on any atom is 0.193 e. The van der Waals surface area contributed by atoms with Crippen LogP contribution in [0.4, 0.5) is 5.69 Å². The van der Waals surface area contributed by atoms with Crippen LogP contribution in [0.2, 0.25) is 18.1 Å². The molecular formula is C28H41NO4Si. The van der Waals surface area contributed by atoms with Crippen LogP contribution in [0.1, 0.15) is 72.8 Å². The number of ether oxygens (including phenoxy) is 1. The van der Waals surface area contributed by atoms with E-state index in [0.29, 0.717) is 25.1 Å². The molecule has 0 N–H and O–H groups in total. The number of allylic oxidation sites excluding steroid dienone is 2. The molecule has 0 bridgehead atoms. The van der Waals surface area contributed by atoms with Crippen molar-refractivity contribution in [3.63, 3.8) is 0 Å². The number of rotatable bonds is 7. The standard InChI is InChI=1S/C28H41NO4Si/c1-9-10-13-20-19(2)23(30)27(6,24(20)31)18-29-22-15-12-11-14-21(22)28(16-17-32-25(28)29)33-34(7,8)26(3,4)5/h11-12,14-15,25H,9-10,13,16-18H2,1-8H3/t25-,27+,28+/m0/s1. The maximum atomic E-state index is 13.6. The number of hydrogen-bond acceptors (Lipinski definition) is 5. The minimum atomic E-state index is -2.14. The van der Waals surface area contributed by atoms with Crippen LogP contribution in [0, 0.1) is 5.41 Å². The van der Waals surface area contributed by atoms with Crippen molar-refractivity contribution in [2.45, 2.75) is 97.2 Å². The lowest BCUT2D eigenvalue weighted by molar-refractivity contribution is -0.133. The van der Waals surface area contributed by atoms with E-state index in [-0.39, 0.29) is 22.8 Å². The molecule has 5 nitrogen and oxygen atoms in total. The number of unbranched alkanes of at least 4 members (excludes halogenated alkanes) is 1. The van der Waals surface area contributed by atoms with Crippen molar-refractivity contribution in [1.29, 1.82) is 0 Å². The summed E-state index contributed by atoms with van der Waals surface area (Å²) in [5.74, 6) is -0.0522. The van der Waals surface area contributed by atoms with Gasteiger partial charge in [0.25, 0.3) is 0 Å².